The molecule has 1 aromatic rings. The molecule has 0 aliphatic carbocycles. The fourth-order valence-electron chi connectivity index (χ4n) is 1.51. The van der Waals surface area contributed by atoms with E-state index >= 15 is 0 Å². The van der Waals surface area contributed by atoms with Crippen LogP contribution in [-0.4, -0.2) is 22.3 Å². The van der Waals surface area contributed by atoms with Gasteiger partial charge in [-0.05, 0) is 26.0 Å². The lowest BCUT2D eigenvalue weighted by Crippen LogP contribution is -2.36. The Kier molecular flexibility index (Phi) is 3.75. The number of nitrogens with zero attached hydrogens (tertiary/aromatic N) is 1. The Hall–Kier alpha value is -2.31. The molecule has 0 saturated heterocycles. The molecule has 0 aliphatic rings. The van der Waals surface area contributed by atoms with E-state index < -0.39 is 17.4 Å². The van der Waals surface area contributed by atoms with E-state index in [4.69, 9.17) is 17.2 Å². The number of hydrogen-bond acceptors (Lipinski definition) is 5. The third-order valence-corrected chi connectivity index (χ3v) is 2.25. The standard InChI is InChI=1S/C11H17N5O2/c1-11(2,5-8(13)17)16-10-6(12)3-4-7(15-10)9(14)18/h3-4H,5,12H2,1-2H3,(H2,13,17)(H2,14,18)(H,15,16). The Morgan fingerprint density at radius 3 is 2.44 bits per heavy atom. The molecular weight excluding hydrogens is 234 g/mol. The van der Waals surface area contributed by atoms with Crippen molar-refractivity contribution in [3.8, 4) is 0 Å². The molecule has 0 fully saturated rings. The normalized spacial score (nSPS) is 11.0. The van der Waals surface area contributed by atoms with Gasteiger partial charge in [-0.15, -0.1) is 0 Å². The van der Waals surface area contributed by atoms with Gasteiger partial charge in [0.1, 0.15) is 5.69 Å². The van der Waals surface area contributed by atoms with Gasteiger partial charge >= 0.3 is 0 Å². The van der Waals surface area contributed by atoms with Crippen LogP contribution in [0.3, 0.4) is 0 Å². The summed E-state index contributed by atoms with van der Waals surface area (Å²) in [6, 6.07) is 2.96. The molecule has 98 valence electrons. The first-order chi connectivity index (χ1) is 8.21. The molecule has 7 heteroatoms. The topological polar surface area (TPSA) is 137 Å². The molecule has 0 bridgehead atoms. The minimum atomic E-state index is -0.647. The van der Waals surface area contributed by atoms with Crippen LogP contribution in [0.25, 0.3) is 0 Å². The summed E-state index contributed by atoms with van der Waals surface area (Å²) in [6.07, 6.45) is 0.106. The Morgan fingerprint density at radius 2 is 1.94 bits per heavy atom. The summed E-state index contributed by atoms with van der Waals surface area (Å²) in [5, 5.41) is 2.97. The zero-order valence-corrected chi connectivity index (χ0v) is 10.4. The molecule has 1 rings (SSSR count). The number of amides is 2. The summed E-state index contributed by atoms with van der Waals surface area (Å²) in [4.78, 5) is 25.9. The molecular formula is C11H17N5O2. The predicted octanol–water partition coefficient (Wildman–Crippen LogP) is -0.171. The Morgan fingerprint density at radius 1 is 1.33 bits per heavy atom. The first-order valence-electron chi connectivity index (χ1n) is 5.34. The van der Waals surface area contributed by atoms with E-state index in [2.05, 4.69) is 10.3 Å². The van der Waals surface area contributed by atoms with Gasteiger partial charge in [0.15, 0.2) is 5.82 Å². The Labute approximate surface area is 105 Å². The molecule has 0 aromatic carbocycles. The summed E-state index contributed by atoms with van der Waals surface area (Å²) in [7, 11) is 0. The second-order valence-electron chi connectivity index (χ2n) is 4.65. The summed E-state index contributed by atoms with van der Waals surface area (Å²) in [5.74, 6) is -0.791. The fraction of sp³-hybridized carbons (Fsp3) is 0.364. The van der Waals surface area contributed by atoms with E-state index in [1.807, 2.05) is 0 Å². The van der Waals surface area contributed by atoms with Gasteiger partial charge in [-0.1, -0.05) is 0 Å². The number of hydrogen-bond donors (Lipinski definition) is 4. The van der Waals surface area contributed by atoms with Gasteiger partial charge in [-0.3, -0.25) is 9.59 Å². The largest absolute Gasteiger partial charge is 0.396 e. The number of carbonyl (C=O) groups excluding carboxylic acids is 2. The lowest BCUT2D eigenvalue weighted by molar-refractivity contribution is -0.118. The first-order valence-corrected chi connectivity index (χ1v) is 5.34. The van der Waals surface area contributed by atoms with Crippen LogP contribution in [0.5, 0.6) is 0 Å². The SMILES string of the molecule is CC(C)(CC(N)=O)Nc1nc(C(N)=O)ccc1N. The van der Waals surface area contributed by atoms with Crippen molar-refractivity contribution in [2.24, 2.45) is 11.5 Å². The predicted molar refractivity (Wildman–Crippen MR) is 68.7 cm³/mol. The highest BCUT2D eigenvalue weighted by atomic mass is 16.1. The summed E-state index contributed by atoms with van der Waals surface area (Å²) >= 11 is 0. The fourth-order valence-corrected chi connectivity index (χ4v) is 1.51. The van der Waals surface area contributed by atoms with Gasteiger partial charge in [-0.25, -0.2) is 4.98 Å². The third-order valence-electron chi connectivity index (χ3n) is 2.25. The number of nitrogen functional groups attached to an aromatic ring is 1. The highest BCUT2D eigenvalue weighted by molar-refractivity contribution is 5.91. The number of carbonyl (C=O) groups is 2. The van der Waals surface area contributed by atoms with Gasteiger partial charge in [0.05, 0.1) is 5.69 Å². The van der Waals surface area contributed by atoms with E-state index in [1.54, 1.807) is 13.8 Å². The highest BCUT2D eigenvalue weighted by Crippen LogP contribution is 2.22. The third kappa shape index (κ3) is 3.62. The van der Waals surface area contributed by atoms with Crippen molar-refractivity contribution in [1.82, 2.24) is 4.98 Å². The number of primary amides is 2. The number of nitrogens with one attached hydrogen (secondary N) is 1. The van der Waals surface area contributed by atoms with Crippen LogP contribution < -0.4 is 22.5 Å². The molecule has 1 heterocycles. The van der Waals surface area contributed by atoms with Crippen molar-refractivity contribution in [3.63, 3.8) is 0 Å². The number of aromatic nitrogens is 1. The van der Waals surface area contributed by atoms with Crippen LogP contribution >= 0.6 is 0 Å². The van der Waals surface area contributed by atoms with Crippen LogP contribution in [-0.2, 0) is 4.79 Å². The molecule has 18 heavy (non-hydrogen) atoms. The van der Waals surface area contributed by atoms with Gasteiger partial charge in [-0.2, -0.15) is 0 Å². The Bertz CT molecular complexity index is 484. The van der Waals surface area contributed by atoms with E-state index in [-0.39, 0.29) is 12.1 Å². The number of pyridine rings is 1. The van der Waals surface area contributed by atoms with Gasteiger partial charge < -0.3 is 22.5 Å². The number of nitrogens with two attached hydrogens (primary N) is 3. The quantitative estimate of drug-likeness (QED) is 0.575. The molecule has 7 nitrogen and oxygen atoms in total. The van der Waals surface area contributed by atoms with Gasteiger partial charge in [0.25, 0.3) is 5.91 Å². The van der Waals surface area contributed by atoms with Gasteiger partial charge in [0, 0.05) is 12.0 Å². The van der Waals surface area contributed by atoms with Crippen LogP contribution in [0.1, 0.15) is 30.8 Å². The molecule has 1 aromatic heterocycles. The van der Waals surface area contributed by atoms with Gasteiger partial charge in [0.2, 0.25) is 5.91 Å². The summed E-state index contributed by atoms with van der Waals surface area (Å²) in [5.41, 5.74) is 15.8. The van der Waals surface area contributed by atoms with Crippen molar-refractivity contribution >= 4 is 23.3 Å². The molecule has 0 aliphatic heterocycles. The van der Waals surface area contributed by atoms with Crippen LogP contribution in [0.4, 0.5) is 11.5 Å². The second kappa shape index (κ2) is 4.91. The minimum Gasteiger partial charge on any atom is -0.396 e. The average Bonchev–Trinajstić information content (AvgIpc) is 2.18. The maximum atomic E-state index is 11.0. The van der Waals surface area contributed by atoms with Crippen molar-refractivity contribution in [2.75, 3.05) is 11.1 Å². The molecule has 2 amide bonds. The zero-order valence-electron chi connectivity index (χ0n) is 10.4. The average molecular weight is 251 g/mol. The highest BCUT2D eigenvalue weighted by Gasteiger charge is 2.22. The maximum Gasteiger partial charge on any atom is 0.267 e. The lowest BCUT2D eigenvalue weighted by atomic mass is 10.0. The van der Waals surface area contributed by atoms with E-state index in [0.717, 1.165) is 0 Å². The zero-order chi connectivity index (χ0) is 13.9. The smallest absolute Gasteiger partial charge is 0.267 e. The summed E-state index contributed by atoms with van der Waals surface area (Å²) in [6.45, 7) is 3.55. The molecule has 7 N–H and O–H groups in total. The summed E-state index contributed by atoms with van der Waals surface area (Å²) < 4.78 is 0. The van der Waals surface area contributed by atoms with Crippen molar-refractivity contribution in [3.05, 3.63) is 17.8 Å². The van der Waals surface area contributed by atoms with Crippen LogP contribution in [0.2, 0.25) is 0 Å². The maximum absolute atomic E-state index is 11.0. The van der Waals surface area contributed by atoms with E-state index in [0.29, 0.717) is 11.5 Å². The Balaban J connectivity index is 2.99. The number of anilines is 2. The molecule has 0 spiro atoms. The van der Waals surface area contributed by atoms with E-state index in [1.165, 1.54) is 12.1 Å². The molecule has 0 saturated carbocycles. The first kappa shape index (κ1) is 13.8. The molecule has 0 atom stereocenters. The van der Waals surface area contributed by atoms with Crippen LogP contribution in [0.15, 0.2) is 12.1 Å². The minimum absolute atomic E-state index is 0.0987. The van der Waals surface area contributed by atoms with Crippen molar-refractivity contribution in [2.45, 2.75) is 25.8 Å². The monoisotopic (exact) mass is 251 g/mol. The van der Waals surface area contributed by atoms with E-state index in [9.17, 15) is 9.59 Å². The van der Waals surface area contributed by atoms with Crippen molar-refractivity contribution < 1.29 is 9.59 Å². The molecule has 0 unspecified atom stereocenters. The number of rotatable bonds is 5. The molecule has 0 radical (unpaired) electrons. The van der Waals surface area contributed by atoms with Crippen molar-refractivity contribution in [1.29, 1.82) is 0 Å². The van der Waals surface area contributed by atoms with Crippen LogP contribution in [0, 0.1) is 0 Å². The lowest BCUT2D eigenvalue weighted by Gasteiger charge is -2.26. The second-order valence-corrected chi connectivity index (χ2v) is 4.65.